The third-order valence-corrected chi connectivity index (χ3v) is 2.53. The Labute approximate surface area is 103 Å². The minimum atomic E-state index is -4.51. The number of hydrogen-bond acceptors (Lipinski definition) is 4. The summed E-state index contributed by atoms with van der Waals surface area (Å²) in [5, 5.41) is 12.3. The molecular formula is C9H8F3NO4S. The van der Waals surface area contributed by atoms with Crippen LogP contribution in [0.4, 0.5) is 18.9 Å². The molecule has 0 aliphatic heterocycles. The molecule has 0 atom stereocenters. The van der Waals surface area contributed by atoms with E-state index in [1.165, 1.54) is 11.4 Å². The maximum atomic E-state index is 11.7. The van der Waals surface area contributed by atoms with Gasteiger partial charge in [0.1, 0.15) is 18.1 Å². The molecule has 1 heterocycles. The van der Waals surface area contributed by atoms with E-state index < -0.39 is 31.3 Å². The number of aromatic carboxylic acids is 1. The predicted molar refractivity (Wildman–Crippen MR) is 56.8 cm³/mol. The number of carboxylic acids is 1. The van der Waals surface area contributed by atoms with E-state index in [0.29, 0.717) is 0 Å². The van der Waals surface area contributed by atoms with Crippen molar-refractivity contribution in [1.29, 1.82) is 0 Å². The number of hydrogen-bond donors (Lipinski definition) is 2. The molecule has 0 aromatic carbocycles. The number of halogens is 3. The Bertz CT molecular complexity index is 443. The van der Waals surface area contributed by atoms with Crippen LogP contribution in [0.15, 0.2) is 11.4 Å². The van der Waals surface area contributed by atoms with Crippen molar-refractivity contribution in [3.8, 4) is 0 Å². The molecule has 0 unspecified atom stereocenters. The SMILES string of the molecule is O=C(COCC(F)(F)F)Nc1ccsc1C(=O)O. The lowest BCUT2D eigenvalue weighted by atomic mass is 10.4. The Morgan fingerprint density at radius 1 is 1.44 bits per heavy atom. The fourth-order valence-corrected chi connectivity index (χ4v) is 1.71. The summed E-state index contributed by atoms with van der Waals surface area (Å²) in [5.41, 5.74) is 0.0353. The molecule has 18 heavy (non-hydrogen) atoms. The monoisotopic (exact) mass is 283 g/mol. The Morgan fingerprint density at radius 2 is 2.11 bits per heavy atom. The molecule has 0 saturated heterocycles. The molecule has 2 N–H and O–H groups in total. The van der Waals surface area contributed by atoms with E-state index in [-0.39, 0.29) is 10.6 Å². The molecule has 1 aromatic heterocycles. The standard InChI is InChI=1S/C9H8F3NO4S/c10-9(11,12)4-17-3-6(14)13-5-1-2-18-7(5)8(15)16/h1-2H,3-4H2,(H,13,14)(H,15,16). The van der Waals surface area contributed by atoms with Crippen LogP contribution in [0.2, 0.25) is 0 Å². The van der Waals surface area contributed by atoms with Gasteiger partial charge in [-0.25, -0.2) is 4.79 Å². The second kappa shape index (κ2) is 5.83. The minimum Gasteiger partial charge on any atom is -0.477 e. The molecular weight excluding hydrogens is 275 g/mol. The highest BCUT2D eigenvalue weighted by atomic mass is 32.1. The predicted octanol–water partition coefficient (Wildman–Crippen LogP) is 1.96. The number of carbonyl (C=O) groups excluding carboxylic acids is 1. The van der Waals surface area contributed by atoms with Gasteiger partial charge in [0.25, 0.3) is 0 Å². The molecule has 100 valence electrons. The van der Waals surface area contributed by atoms with Crippen LogP contribution in [0.1, 0.15) is 9.67 Å². The number of anilines is 1. The summed E-state index contributed by atoms with van der Waals surface area (Å²) >= 11 is 0.893. The Balaban J connectivity index is 2.45. The number of carbonyl (C=O) groups is 2. The first-order valence-corrected chi connectivity index (χ1v) is 5.42. The van der Waals surface area contributed by atoms with Crippen molar-refractivity contribution >= 4 is 28.9 Å². The number of amides is 1. The van der Waals surface area contributed by atoms with Crippen LogP contribution < -0.4 is 5.32 Å². The van der Waals surface area contributed by atoms with Crippen molar-refractivity contribution < 1.29 is 32.6 Å². The minimum absolute atomic E-state index is 0.0353. The molecule has 0 aliphatic rings. The number of nitrogens with one attached hydrogen (secondary N) is 1. The Kier molecular flexibility index (Phi) is 4.68. The van der Waals surface area contributed by atoms with Gasteiger partial charge >= 0.3 is 12.1 Å². The topological polar surface area (TPSA) is 75.6 Å². The van der Waals surface area contributed by atoms with Crippen molar-refractivity contribution in [3.05, 3.63) is 16.3 Å². The zero-order valence-corrected chi connectivity index (χ0v) is 9.60. The summed E-state index contributed by atoms with van der Waals surface area (Å²) in [7, 11) is 0. The van der Waals surface area contributed by atoms with Gasteiger partial charge in [-0.1, -0.05) is 0 Å². The van der Waals surface area contributed by atoms with Crippen LogP contribution in [0.25, 0.3) is 0 Å². The summed E-state index contributed by atoms with van der Waals surface area (Å²) in [4.78, 5) is 21.8. The highest BCUT2D eigenvalue weighted by Gasteiger charge is 2.27. The van der Waals surface area contributed by atoms with E-state index in [1.54, 1.807) is 0 Å². The van der Waals surface area contributed by atoms with Crippen molar-refractivity contribution in [2.45, 2.75) is 6.18 Å². The average molecular weight is 283 g/mol. The van der Waals surface area contributed by atoms with Crippen molar-refractivity contribution in [2.24, 2.45) is 0 Å². The third-order valence-electron chi connectivity index (χ3n) is 1.63. The maximum absolute atomic E-state index is 11.7. The van der Waals surface area contributed by atoms with E-state index in [0.717, 1.165) is 11.3 Å². The van der Waals surface area contributed by atoms with Gasteiger partial charge in [0.05, 0.1) is 5.69 Å². The van der Waals surface area contributed by atoms with Gasteiger partial charge in [-0.05, 0) is 11.4 Å². The van der Waals surface area contributed by atoms with Gasteiger partial charge < -0.3 is 15.2 Å². The molecule has 0 spiro atoms. The molecule has 1 aromatic rings. The second-order valence-corrected chi connectivity index (χ2v) is 4.04. The van der Waals surface area contributed by atoms with Crippen LogP contribution in [0.5, 0.6) is 0 Å². The number of rotatable bonds is 5. The second-order valence-electron chi connectivity index (χ2n) is 3.12. The van der Waals surface area contributed by atoms with Gasteiger partial charge in [0.15, 0.2) is 0 Å². The molecule has 0 bridgehead atoms. The summed E-state index contributed by atoms with van der Waals surface area (Å²) < 4.78 is 39.3. The molecule has 0 saturated carbocycles. The van der Waals surface area contributed by atoms with Crippen molar-refractivity contribution in [1.82, 2.24) is 0 Å². The van der Waals surface area contributed by atoms with Gasteiger partial charge in [-0.15, -0.1) is 11.3 Å². The van der Waals surface area contributed by atoms with Crippen LogP contribution in [0, 0.1) is 0 Å². The van der Waals surface area contributed by atoms with E-state index in [4.69, 9.17) is 5.11 Å². The number of ether oxygens (including phenoxy) is 1. The lowest BCUT2D eigenvalue weighted by molar-refractivity contribution is -0.174. The zero-order valence-electron chi connectivity index (χ0n) is 8.78. The third kappa shape index (κ3) is 4.72. The quantitative estimate of drug-likeness (QED) is 0.866. The van der Waals surface area contributed by atoms with E-state index >= 15 is 0 Å². The molecule has 1 rings (SSSR count). The molecule has 0 aliphatic carbocycles. The Morgan fingerprint density at radius 3 is 2.67 bits per heavy atom. The highest BCUT2D eigenvalue weighted by Crippen LogP contribution is 2.22. The number of carboxylic acid groups (broad SMARTS) is 1. The van der Waals surface area contributed by atoms with Gasteiger partial charge in [-0.3, -0.25) is 4.79 Å². The van der Waals surface area contributed by atoms with Gasteiger partial charge in [-0.2, -0.15) is 13.2 Å². The fraction of sp³-hybridized carbons (Fsp3) is 0.333. The lowest BCUT2D eigenvalue weighted by Crippen LogP contribution is -2.24. The summed E-state index contributed by atoms with van der Waals surface area (Å²) in [6.45, 7) is -2.33. The smallest absolute Gasteiger partial charge is 0.411 e. The maximum Gasteiger partial charge on any atom is 0.411 e. The Hall–Kier alpha value is -1.61. The molecule has 0 radical (unpaired) electrons. The average Bonchev–Trinajstić information content (AvgIpc) is 2.63. The first kappa shape index (κ1) is 14.5. The summed E-state index contributed by atoms with van der Waals surface area (Å²) in [6.07, 6.45) is -4.51. The first-order chi connectivity index (χ1) is 8.29. The van der Waals surface area contributed by atoms with E-state index in [1.807, 2.05) is 0 Å². The molecule has 0 fully saturated rings. The fourth-order valence-electron chi connectivity index (χ4n) is 1.02. The van der Waals surface area contributed by atoms with Crippen molar-refractivity contribution in [2.75, 3.05) is 18.5 Å². The van der Waals surface area contributed by atoms with Crippen LogP contribution in [-0.4, -0.2) is 36.4 Å². The van der Waals surface area contributed by atoms with E-state index in [9.17, 15) is 22.8 Å². The molecule has 1 amide bonds. The van der Waals surface area contributed by atoms with Gasteiger partial charge in [0, 0.05) is 0 Å². The van der Waals surface area contributed by atoms with Crippen LogP contribution in [0.3, 0.4) is 0 Å². The normalized spacial score (nSPS) is 11.3. The highest BCUT2D eigenvalue weighted by molar-refractivity contribution is 7.12. The molecule has 5 nitrogen and oxygen atoms in total. The zero-order chi connectivity index (χ0) is 13.8. The van der Waals surface area contributed by atoms with E-state index in [2.05, 4.69) is 10.1 Å². The van der Waals surface area contributed by atoms with Gasteiger partial charge in [0.2, 0.25) is 5.91 Å². The number of thiophene rings is 1. The largest absolute Gasteiger partial charge is 0.477 e. The summed E-state index contributed by atoms with van der Waals surface area (Å²) in [5.74, 6) is -2.07. The lowest BCUT2D eigenvalue weighted by Gasteiger charge is -2.07. The molecule has 9 heteroatoms. The summed E-state index contributed by atoms with van der Waals surface area (Å²) in [6, 6.07) is 1.34. The van der Waals surface area contributed by atoms with Crippen molar-refractivity contribution in [3.63, 3.8) is 0 Å². The van der Waals surface area contributed by atoms with Crippen LogP contribution >= 0.6 is 11.3 Å². The number of alkyl halides is 3. The first-order valence-electron chi connectivity index (χ1n) is 4.55. The van der Waals surface area contributed by atoms with Crippen LogP contribution in [-0.2, 0) is 9.53 Å².